The normalized spacial score (nSPS) is 10.3. The molecular formula is C20H22N2O4S2. The average molecular weight is 419 g/mol. The number of carbonyl (C=O) groups is 3. The Morgan fingerprint density at radius 1 is 0.750 bits per heavy atom. The summed E-state index contributed by atoms with van der Waals surface area (Å²) in [4.78, 5) is 40.3. The van der Waals surface area contributed by atoms with Gasteiger partial charge in [-0.1, -0.05) is 12.1 Å². The summed E-state index contributed by atoms with van der Waals surface area (Å²) < 4.78 is 4.72. The summed E-state index contributed by atoms with van der Waals surface area (Å²) in [5.41, 5.74) is 2.17. The van der Waals surface area contributed by atoms with Crippen LogP contribution in [-0.2, 0) is 4.74 Å². The molecule has 0 radical (unpaired) electrons. The number of nitrogens with zero attached hydrogens (tertiary/aromatic N) is 2. The topological polar surface area (TPSA) is 66.9 Å². The molecule has 0 saturated heterocycles. The molecule has 0 aromatic heterocycles. The van der Waals surface area contributed by atoms with Gasteiger partial charge < -0.3 is 14.5 Å². The lowest BCUT2D eigenvalue weighted by molar-refractivity contribution is 0.0600. The summed E-state index contributed by atoms with van der Waals surface area (Å²) in [5.74, 6) is -0.403. The predicted molar refractivity (Wildman–Crippen MR) is 113 cm³/mol. The number of carbonyl (C=O) groups excluding carboxylic acids is 3. The van der Waals surface area contributed by atoms with E-state index >= 15 is 0 Å². The number of amides is 2. The van der Waals surface area contributed by atoms with Crippen molar-refractivity contribution in [1.82, 2.24) is 9.80 Å². The SMILES string of the molecule is COC(=O)c1ccc(-c2cc(SC(=O)N(C)C)cc(SC(=O)N(C)C)c2)cc1. The molecule has 8 heteroatoms. The van der Waals surface area contributed by atoms with E-state index in [0.717, 1.165) is 44.4 Å². The molecule has 0 saturated carbocycles. The standard InChI is InChI=1S/C20H22N2O4S2/c1-21(2)19(24)27-16-10-15(11-17(12-16)28-20(25)22(3)4)13-6-8-14(9-7-13)18(23)26-5/h6-12H,1-5H3. The fourth-order valence-electron chi connectivity index (χ4n) is 2.16. The first-order valence-corrected chi connectivity index (χ1v) is 9.96. The monoisotopic (exact) mass is 418 g/mol. The number of hydrogen-bond acceptors (Lipinski definition) is 6. The van der Waals surface area contributed by atoms with Gasteiger partial charge in [-0.05, 0) is 65.0 Å². The number of ether oxygens (including phenoxy) is 1. The predicted octanol–water partition coefficient (Wildman–Crippen LogP) is 4.69. The van der Waals surface area contributed by atoms with Crippen molar-refractivity contribution in [1.29, 1.82) is 0 Å². The number of hydrogen-bond donors (Lipinski definition) is 0. The zero-order valence-corrected chi connectivity index (χ0v) is 18.0. The largest absolute Gasteiger partial charge is 0.465 e. The first-order valence-electron chi connectivity index (χ1n) is 8.33. The summed E-state index contributed by atoms with van der Waals surface area (Å²) in [6, 6.07) is 12.6. The van der Waals surface area contributed by atoms with Gasteiger partial charge in [-0.2, -0.15) is 0 Å². The second kappa shape index (κ2) is 9.66. The molecule has 2 amide bonds. The third-order valence-corrected chi connectivity index (χ3v) is 5.68. The second-order valence-corrected chi connectivity index (χ2v) is 8.34. The van der Waals surface area contributed by atoms with Crippen molar-refractivity contribution < 1.29 is 19.1 Å². The maximum atomic E-state index is 12.1. The molecular weight excluding hydrogens is 396 g/mol. The highest BCUT2D eigenvalue weighted by atomic mass is 32.2. The molecule has 2 aromatic rings. The van der Waals surface area contributed by atoms with Crippen LogP contribution in [0, 0.1) is 0 Å². The summed E-state index contributed by atoms with van der Waals surface area (Å²) in [6.45, 7) is 0. The van der Waals surface area contributed by atoms with E-state index in [1.807, 2.05) is 30.3 Å². The number of rotatable bonds is 4. The molecule has 2 aromatic carbocycles. The van der Waals surface area contributed by atoms with Crippen LogP contribution in [0.3, 0.4) is 0 Å². The quantitative estimate of drug-likeness (QED) is 0.530. The van der Waals surface area contributed by atoms with Crippen LogP contribution in [0.5, 0.6) is 0 Å². The van der Waals surface area contributed by atoms with Crippen LogP contribution in [0.1, 0.15) is 10.4 Å². The van der Waals surface area contributed by atoms with Gasteiger partial charge in [0.25, 0.3) is 10.5 Å². The number of benzene rings is 2. The van der Waals surface area contributed by atoms with Crippen LogP contribution in [0.4, 0.5) is 9.59 Å². The molecule has 148 valence electrons. The van der Waals surface area contributed by atoms with Crippen LogP contribution in [0.15, 0.2) is 52.3 Å². The Morgan fingerprint density at radius 2 is 1.21 bits per heavy atom. The molecule has 0 heterocycles. The van der Waals surface area contributed by atoms with E-state index in [-0.39, 0.29) is 10.5 Å². The van der Waals surface area contributed by atoms with Gasteiger partial charge in [0.1, 0.15) is 0 Å². The third kappa shape index (κ3) is 5.77. The van der Waals surface area contributed by atoms with E-state index in [0.29, 0.717) is 5.56 Å². The van der Waals surface area contributed by atoms with E-state index in [4.69, 9.17) is 4.74 Å². The molecule has 6 nitrogen and oxygen atoms in total. The number of esters is 1. The first kappa shape index (κ1) is 21.8. The van der Waals surface area contributed by atoms with Crippen molar-refractivity contribution in [2.45, 2.75) is 9.79 Å². The Balaban J connectivity index is 2.42. The van der Waals surface area contributed by atoms with E-state index in [2.05, 4.69) is 0 Å². The average Bonchev–Trinajstić information content (AvgIpc) is 2.67. The van der Waals surface area contributed by atoms with Crippen molar-refractivity contribution in [2.75, 3.05) is 35.3 Å². The highest BCUT2D eigenvalue weighted by molar-refractivity contribution is 8.14. The fourth-order valence-corrected chi connectivity index (χ4v) is 3.74. The molecule has 0 atom stereocenters. The van der Waals surface area contributed by atoms with Crippen LogP contribution < -0.4 is 0 Å². The molecule has 0 fully saturated rings. The number of thioether (sulfide) groups is 2. The smallest absolute Gasteiger partial charge is 0.337 e. The minimum atomic E-state index is -0.403. The van der Waals surface area contributed by atoms with Crippen molar-refractivity contribution in [3.8, 4) is 11.1 Å². The minimum absolute atomic E-state index is 0.104. The van der Waals surface area contributed by atoms with E-state index in [1.54, 1.807) is 40.3 Å². The molecule has 0 aliphatic heterocycles. The summed E-state index contributed by atoms with van der Waals surface area (Å²) in [5, 5.41) is -0.207. The first-order chi connectivity index (χ1) is 13.2. The highest BCUT2D eigenvalue weighted by Gasteiger charge is 2.14. The fraction of sp³-hybridized carbons (Fsp3) is 0.250. The molecule has 0 aliphatic rings. The van der Waals surface area contributed by atoms with Gasteiger partial charge in [0.05, 0.1) is 12.7 Å². The molecule has 0 bridgehead atoms. The van der Waals surface area contributed by atoms with Crippen molar-refractivity contribution in [3.05, 3.63) is 48.0 Å². The van der Waals surface area contributed by atoms with E-state index < -0.39 is 5.97 Å². The van der Waals surface area contributed by atoms with Gasteiger partial charge in [-0.25, -0.2) is 4.79 Å². The molecule has 0 spiro atoms. The third-order valence-electron chi connectivity index (χ3n) is 3.66. The van der Waals surface area contributed by atoms with Gasteiger partial charge in [0.15, 0.2) is 0 Å². The van der Waals surface area contributed by atoms with Crippen molar-refractivity contribution in [2.24, 2.45) is 0 Å². The molecule has 0 unspecified atom stereocenters. The van der Waals surface area contributed by atoms with Crippen molar-refractivity contribution >= 4 is 40.0 Å². The van der Waals surface area contributed by atoms with Crippen molar-refractivity contribution in [3.63, 3.8) is 0 Å². The Bertz CT molecular complexity index is 840. The second-order valence-electron chi connectivity index (χ2n) is 6.29. The highest BCUT2D eigenvalue weighted by Crippen LogP contribution is 2.33. The lowest BCUT2D eigenvalue weighted by Crippen LogP contribution is -2.16. The summed E-state index contributed by atoms with van der Waals surface area (Å²) in [6.07, 6.45) is 0. The molecule has 2 rings (SSSR count). The van der Waals surface area contributed by atoms with Gasteiger partial charge >= 0.3 is 5.97 Å². The Labute approximate surface area is 173 Å². The minimum Gasteiger partial charge on any atom is -0.465 e. The van der Waals surface area contributed by atoms with E-state index in [1.165, 1.54) is 16.9 Å². The van der Waals surface area contributed by atoms with Crippen LogP contribution in [0.25, 0.3) is 11.1 Å². The maximum absolute atomic E-state index is 12.1. The Hall–Kier alpha value is -2.45. The summed E-state index contributed by atoms with van der Waals surface area (Å²) >= 11 is 2.19. The van der Waals surface area contributed by atoms with Gasteiger partial charge in [-0.15, -0.1) is 0 Å². The lowest BCUT2D eigenvalue weighted by Gasteiger charge is -2.13. The van der Waals surface area contributed by atoms with Gasteiger partial charge in [0.2, 0.25) is 0 Å². The molecule has 0 aliphatic carbocycles. The van der Waals surface area contributed by atoms with Gasteiger partial charge in [-0.3, -0.25) is 9.59 Å². The zero-order chi connectivity index (χ0) is 20.8. The molecule has 0 N–H and O–H groups in total. The van der Waals surface area contributed by atoms with Crippen LogP contribution in [0.2, 0.25) is 0 Å². The lowest BCUT2D eigenvalue weighted by atomic mass is 10.0. The maximum Gasteiger partial charge on any atom is 0.337 e. The van der Waals surface area contributed by atoms with Crippen LogP contribution >= 0.6 is 23.5 Å². The van der Waals surface area contributed by atoms with Gasteiger partial charge in [0, 0.05) is 38.0 Å². The summed E-state index contributed by atoms with van der Waals surface area (Å²) in [7, 11) is 8.10. The zero-order valence-electron chi connectivity index (χ0n) is 16.4. The van der Waals surface area contributed by atoms with Crippen LogP contribution in [-0.4, -0.2) is 61.5 Å². The molecule has 28 heavy (non-hydrogen) atoms. The Morgan fingerprint density at radius 3 is 1.61 bits per heavy atom. The Kier molecular flexibility index (Phi) is 7.53. The number of methoxy groups -OCH3 is 1. The van der Waals surface area contributed by atoms with E-state index in [9.17, 15) is 14.4 Å².